The summed E-state index contributed by atoms with van der Waals surface area (Å²) >= 11 is 0. The number of benzene rings is 3. The van der Waals surface area contributed by atoms with Gasteiger partial charge in [0.25, 0.3) is 0 Å². The zero-order chi connectivity index (χ0) is 26.7. The van der Waals surface area contributed by atoms with Crippen LogP contribution in [0.5, 0.6) is 0 Å². The Morgan fingerprint density at radius 3 is 1.89 bits per heavy atom. The van der Waals surface area contributed by atoms with E-state index in [4.69, 9.17) is 9.31 Å². The van der Waals surface area contributed by atoms with Crippen molar-refractivity contribution in [2.75, 3.05) is 0 Å². The Kier molecular flexibility index (Phi) is 5.77. The van der Waals surface area contributed by atoms with Crippen molar-refractivity contribution in [3.63, 3.8) is 0 Å². The Labute approximate surface area is 219 Å². The van der Waals surface area contributed by atoms with Crippen LogP contribution in [0, 0.1) is 40.9 Å². The maximum absolute atomic E-state index is 10.5. The lowest BCUT2D eigenvalue weighted by Crippen LogP contribution is -2.41. The Hall–Kier alpha value is -3.89. The largest absolute Gasteiger partial charge is 0.496 e. The molecule has 37 heavy (non-hydrogen) atoms. The molecule has 1 aliphatic heterocycles. The van der Waals surface area contributed by atoms with Crippen LogP contribution >= 0.6 is 0 Å². The van der Waals surface area contributed by atoms with Crippen LogP contribution < -0.4 is 5.46 Å². The molecule has 0 spiro atoms. The van der Waals surface area contributed by atoms with E-state index in [1.807, 2.05) is 71.0 Å². The summed E-state index contributed by atoms with van der Waals surface area (Å²) in [5, 5.41) is 30.3. The summed E-state index contributed by atoms with van der Waals surface area (Å²) in [6, 6.07) is 22.7. The zero-order valence-corrected chi connectivity index (χ0v) is 22.0. The van der Waals surface area contributed by atoms with Gasteiger partial charge in [-0.05, 0) is 80.1 Å². The van der Waals surface area contributed by atoms with Gasteiger partial charge in [-0.3, -0.25) is 0 Å². The second-order valence-corrected chi connectivity index (χ2v) is 10.9. The molecule has 0 bridgehead atoms. The van der Waals surface area contributed by atoms with Gasteiger partial charge in [0.1, 0.15) is 0 Å². The standard InChI is InChI=1S/C31H28BN3O2/c1-18-20(15-33)9-7-11-22(18)29-23-12-8-10-21(16-34)27(23)19(2)28-24(29)13-14-26(25(28)17-35)32-36-30(3,4)31(5,6)37-32/h7-14,19,29H,1-6H3. The minimum Gasteiger partial charge on any atom is -0.399 e. The molecule has 1 aliphatic carbocycles. The summed E-state index contributed by atoms with van der Waals surface area (Å²) in [4.78, 5) is 0. The molecule has 2 aliphatic rings. The zero-order valence-electron chi connectivity index (χ0n) is 22.0. The highest BCUT2D eigenvalue weighted by molar-refractivity contribution is 6.63. The lowest BCUT2D eigenvalue weighted by molar-refractivity contribution is 0.00578. The van der Waals surface area contributed by atoms with E-state index in [-0.39, 0.29) is 11.8 Å². The Morgan fingerprint density at radius 2 is 1.30 bits per heavy atom. The second-order valence-electron chi connectivity index (χ2n) is 10.9. The molecule has 5 nitrogen and oxygen atoms in total. The van der Waals surface area contributed by atoms with Gasteiger partial charge in [-0.15, -0.1) is 0 Å². The molecule has 0 aromatic heterocycles. The minimum absolute atomic E-state index is 0.187. The molecule has 0 saturated carbocycles. The molecule has 2 atom stereocenters. The third-order valence-electron chi connectivity index (χ3n) is 8.49. The Bertz CT molecular complexity index is 1550. The van der Waals surface area contributed by atoms with Crippen molar-refractivity contribution in [3.8, 4) is 18.2 Å². The van der Waals surface area contributed by atoms with Crippen molar-refractivity contribution in [1.29, 1.82) is 15.8 Å². The predicted molar refractivity (Wildman–Crippen MR) is 142 cm³/mol. The molecule has 5 rings (SSSR count). The lowest BCUT2D eigenvalue weighted by Gasteiger charge is -2.35. The predicted octanol–water partition coefficient (Wildman–Crippen LogP) is 5.55. The number of fused-ring (bicyclic) bond motifs is 2. The second kappa shape index (κ2) is 8.60. The van der Waals surface area contributed by atoms with Gasteiger partial charge in [0, 0.05) is 17.3 Å². The first kappa shape index (κ1) is 24.8. The topological polar surface area (TPSA) is 89.8 Å². The number of hydrogen-bond acceptors (Lipinski definition) is 5. The van der Waals surface area contributed by atoms with Crippen LogP contribution in [-0.4, -0.2) is 18.3 Å². The quantitative estimate of drug-likeness (QED) is 0.444. The number of rotatable bonds is 2. The van der Waals surface area contributed by atoms with Gasteiger partial charge in [0.2, 0.25) is 0 Å². The molecule has 1 saturated heterocycles. The van der Waals surface area contributed by atoms with Crippen molar-refractivity contribution in [3.05, 3.63) is 98.6 Å². The van der Waals surface area contributed by atoms with Crippen molar-refractivity contribution in [1.82, 2.24) is 0 Å². The van der Waals surface area contributed by atoms with E-state index in [1.54, 1.807) is 0 Å². The average Bonchev–Trinajstić information content (AvgIpc) is 3.10. The van der Waals surface area contributed by atoms with Crippen LogP contribution in [0.15, 0.2) is 48.5 Å². The van der Waals surface area contributed by atoms with Crippen molar-refractivity contribution >= 4 is 12.6 Å². The van der Waals surface area contributed by atoms with E-state index in [0.717, 1.165) is 33.4 Å². The molecular formula is C31H28BN3O2. The van der Waals surface area contributed by atoms with Crippen molar-refractivity contribution in [2.45, 2.75) is 64.6 Å². The molecule has 6 heteroatoms. The van der Waals surface area contributed by atoms with Gasteiger partial charge in [-0.2, -0.15) is 15.8 Å². The summed E-state index contributed by atoms with van der Waals surface area (Å²) < 4.78 is 12.7. The van der Waals surface area contributed by atoms with Crippen molar-refractivity contribution < 1.29 is 9.31 Å². The van der Waals surface area contributed by atoms with Crippen LogP contribution in [0.1, 0.15) is 96.5 Å². The van der Waals surface area contributed by atoms with E-state index in [9.17, 15) is 15.8 Å². The highest BCUT2D eigenvalue weighted by atomic mass is 16.7. The van der Waals surface area contributed by atoms with Gasteiger partial charge >= 0.3 is 7.12 Å². The first-order chi connectivity index (χ1) is 17.6. The van der Waals surface area contributed by atoms with Gasteiger partial charge in [0.15, 0.2) is 0 Å². The van der Waals surface area contributed by atoms with Gasteiger partial charge in [0.05, 0.1) is 46.1 Å². The third-order valence-corrected chi connectivity index (χ3v) is 8.49. The highest BCUT2D eigenvalue weighted by Crippen LogP contribution is 2.49. The number of hydrogen-bond donors (Lipinski definition) is 0. The third kappa shape index (κ3) is 3.59. The van der Waals surface area contributed by atoms with Crippen LogP contribution in [0.25, 0.3) is 0 Å². The fraction of sp³-hybridized carbons (Fsp3) is 0.323. The van der Waals surface area contributed by atoms with Gasteiger partial charge in [-0.1, -0.05) is 43.3 Å². The van der Waals surface area contributed by atoms with Gasteiger partial charge < -0.3 is 9.31 Å². The maximum Gasteiger partial charge on any atom is 0.496 e. The average molecular weight is 485 g/mol. The summed E-state index contributed by atoms with van der Waals surface area (Å²) in [5.74, 6) is -0.407. The van der Waals surface area contributed by atoms with E-state index >= 15 is 0 Å². The summed E-state index contributed by atoms with van der Waals surface area (Å²) in [6.07, 6.45) is 0. The SMILES string of the molecule is Cc1c(C#N)cccc1C1c2cccc(C#N)c2C(C)c2c1ccc(B1OC(C)(C)C(C)(C)O1)c2C#N. The summed E-state index contributed by atoms with van der Waals surface area (Å²) in [6.45, 7) is 12.0. The van der Waals surface area contributed by atoms with Crippen LogP contribution in [0.4, 0.5) is 0 Å². The molecule has 0 N–H and O–H groups in total. The molecule has 182 valence electrons. The van der Waals surface area contributed by atoms with E-state index in [2.05, 4.69) is 37.3 Å². The van der Waals surface area contributed by atoms with E-state index in [0.29, 0.717) is 22.2 Å². The summed E-state index contributed by atoms with van der Waals surface area (Å²) in [5.41, 5.74) is 7.11. The van der Waals surface area contributed by atoms with Crippen LogP contribution in [0.2, 0.25) is 0 Å². The van der Waals surface area contributed by atoms with Crippen LogP contribution in [-0.2, 0) is 9.31 Å². The molecule has 0 radical (unpaired) electrons. The monoisotopic (exact) mass is 485 g/mol. The first-order valence-corrected chi connectivity index (χ1v) is 12.5. The van der Waals surface area contributed by atoms with E-state index in [1.165, 1.54) is 0 Å². The summed E-state index contributed by atoms with van der Waals surface area (Å²) in [7, 11) is -0.674. The van der Waals surface area contributed by atoms with E-state index < -0.39 is 18.3 Å². The Balaban J connectivity index is 1.81. The molecule has 1 heterocycles. The maximum atomic E-state index is 10.5. The first-order valence-electron chi connectivity index (χ1n) is 12.5. The molecule has 3 aromatic rings. The minimum atomic E-state index is -0.674. The Morgan fingerprint density at radius 1 is 0.730 bits per heavy atom. The number of nitriles is 3. The number of nitrogens with zero attached hydrogens (tertiary/aromatic N) is 3. The highest BCUT2D eigenvalue weighted by Gasteiger charge is 2.53. The van der Waals surface area contributed by atoms with Gasteiger partial charge in [-0.25, -0.2) is 0 Å². The lowest BCUT2D eigenvalue weighted by atomic mass is 9.64. The molecule has 3 aromatic carbocycles. The van der Waals surface area contributed by atoms with Crippen molar-refractivity contribution in [2.24, 2.45) is 0 Å². The molecule has 1 fully saturated rings. The molecular weight excluding hydrogens is 457 g/mol. The smallest absolute Gasteiger partial charge is 0.399 e. The van der Waals surface area contributed by atoms with Crippen LogP contribution in [0.3, 0.4) is 0 Å². The fourth-order valence-electron chi connectivity index (χ4n) is 5.81. The molecule has 2 unspecified atom stereocenters. The normalized spacial score (nSPS) is 20.8. The fourth-order valence-corrected chi connectivity index (χ4v) is 5.81. The molecule has 0 amide bonds.